The number of para-hydroxylation sites is 1. The zero-order chi connectivity index (χ0) is 16.4. The predicted octanol–water partition coefficient (Wildman–Crippen LogP) is 2.34. The normalized spacial score (nSPS) is 24.9. The van der Waals surface area contributed by atoms with E-state index in [0.29, 0.717) is 25.8 Å². The first kappa shape index (κ1) is 15.8. The summed E-state index contributed by atoms with van der Waals surface area (Å²) < 4.78 is 5.44. The number of carboxylic acids is 1. The summed E-state index contributed by atoms with van der Waals surface area (Å²) in [6.07, 6.45) is 3.81. The van der Waals surface area contributed by atoms with Crippen LogP contribution in [0.25, 0.3) is 0 Å². The lowest BCUT2D eigenvalue weighted by Gasteiger charge is -2.20. The maximum Gasteiger partial charge on any atom is 0.306 e. The number of ether oxygens (including phenoxy) is 1. The van der Waals surface area contributed by atoms with Gasteiger partial charge in [0.1, 0.15) is 5.75 Å². The number of amides is 1. The monoisotopic (exact) mass is 317 g/mol. The number of hydrogen-bond acceptors (Lipinski definition) is 3. The predicted molar refractivity (Wildman–Crippen MR) is 85.4 cm³/mol. The van der Waals surface area contributed by atoms with Gasteiger partial charge in [-0.25, -0.2) is 0 Å². The standard InChI is InChI=1S/C18H23NO4/c1-23-15-5-3-2-4-14(15)18(8-9-18)11-19-16(20)12-6-7-13(10-12)17(21)22/h2-5,12-13H,6-11H2,1H3,(H,19,20)(H,21,22)/t12-,13+/m1/s1. The van der Waals surface area contributed by atoms with Gasteiger partial charge < -0.3 is 15.2 Å². The largest absolute Gasteiger partial charge is 0.496 e. The molecule has 0 saturated heterocycles. The van der Waals surface area contributed by atoms with Crippen molar-refractivity contribution in [2.24, 2.45) is 11.8 Å². The minimum atomic E-state index is -0.784. The summed E-state index contributed by atoms with van der Waals surface area (Å²) in [6.45, 7) is 0.598. The Morgan fingerprint density at radius 3 is 2.57 bits per heavy atom. The molecular weight excluding hydrogens is 294 g/mol. The molecule has 0 aliphatic heterocycles. The van der Waals surface area contributed by atoms with Crippen LogP contribution >= 0.6 is 0 Å². The van der Waals surface area contributed by atoms with E-state index in [1.165, 1.54) is 0 Å². The van der Waals surface area contributed by atoms with Crippen molar-refractivity contribution in [2.75, 3.05) is 13.7 Å². The van der Waals surface area contributed by atoms with E-state index in [-0.39, 0.29) is 23.2 Å². The van der Waals surface area contributed by atoms with Crippen LogP contribution in [-0.4, -0.2) is 30.6 Å². The zero-order valence-corrected chi connectivity index (χ0v) is 13.4. The van der Waals surface area contributed by atoms with Crippen LogP contribution in [0, 0.1) is 11.8 Å². The van der Waals surface area contributed by atoms with Crippen LogP contribution in [0.5, 0.6) is 5.75 Å². The van der Waals surface area contributed by atoms with E-state index in [1.807, 2.05) is 18.2 Å². The third-order valence-electron chi connectivity index (χ3n) is 5.29. The molecule has 2 fully saturated rings. The Balaban J connectivity index is 1.60. The van der Waals surface area contributed by atoms with Crippen molar-refractivity contribution in [3.63, 3.8) is 0 Å². The summed E-state index contributed by atoms with van der Waals surface area (Å²) in [5.41, 5.74) is 1.13. The third-order valence-corrected chi connectivity index (χ3v) is 5.29. The lowest BCUT2D eigenvalue weighted by Crippen LogP contribution is -2.36. The molecule has 2 N–H and O–H groups in total. The summed E-state index contributed by atoms with van der Waals surface area (Å²) in [5, 5.41) is 12.1. The van der Waals surface area contributed by atoms with Gasteiger partial charge in [-0.2, -0.15) is 0 Å². The van der Waals surface area contributed by atoms with E-state index in [1.54, 1.807) is 7.11 Å². The minimum absolute atomic E-state index is 0.00470. The van der Waals surface area contributed by atoms with Gasteiger partial charge in [0.15, 0.2) is 0 Å². The van der Waals surface area contributed by atoms with Gasteiger partial charge in [-0.1, -0.05) is 18.2 Å². The second-order valence-electron chi connectivity index (χ2n) is 6.74. The van der Waals surface area contributed by atoms with Crippen LogP contribution in [0.4, 0.5) is 0 Å². The Morgan fingerprint density at radius 1 is 1.26 bits per heavy atom. The summed E-state index contributed by atoms with van der Waals surface area (Å²) in [4.78, 5) is 23.3. The minimum Gasteiger partial charge on any atom is -0.496 e. The lowest BCUT2D eigenvalue weighted by atomic mass is 9.94. The molecular formula is C18H23NO4. The number of hydrogen-bond donors (Lipinski definition) is 2. The van der Waals surface area contributed by atoms with Crippen LogP contribution in [0.15, 0.2) is 24.3 Å². The molecule has 3 rings (SSSR count). The summed E-state index contributed by atoms with van der Waals surface area (Å²) in [5.74, 6) is -0.451. The second-order valence-corrected chi connectivity index (χ2v) is 6.74. The molecule has 23 heavy (non-hydrogen) atoms. The summed E-state index contributed by atoms with van der Waals surface area (Å²) >= 11 is 0. The Hall–Kier alpha value is -2.04. The van der Waals surface area contributed by atoms with Crippen molar-refractivity contribution in [1.29, 1.82) is 0 Å². The molecule has 1 aromatic carbocycles. The smallest absolute Gasteiger partial charge is 0.306 e. The Labute approximate surface area is 136 Å². The van der Waals surface area contributed by atoms with E-state index in [0.717, 1.165) is 24.2 Å². The van der Waals surface area contributed by atoms with Gasteiger partial charge in [0.05, 0.1) is 13.0 Å². The number of nitrogens with one attached hydrogen (secondary N) is 1. The SMILES string of the molecule is COc1ccccc1C1(CNC(=O)[C@@H]2CC[C@H](C(=O)O)C2)CC1. The molecule has 0 aromatic heterocycles. The Morgan fingerprint density at radius 2 is 1.96 bits per heavy atom. The topological polar surface area (TPSA) is 75.6 Å². The second kappa shape index (κ2) is 6.22. The molecule has 1 amide bonds. The van der Waals surface area contributed by atoms with Gasteiger partial charge in [-0.15, -0.1) is 0 Å². The summed E-state index contributed by atoms with van der Waals surface area (Å²) in [7, 11) is 1.66. The highest BCUT2D eigenvalue weighted by Crippen LogP contribution is 2.50. The first-order chi connectivity index (χ1) is 11.1. The average Bonchev–Trinajstić information content (AvgIpc) is 3.18. The van der Waals surface area contributed by atoms with Crippen LogP contribution < -0.4 is 10.1 Å². The highest BCUT2D eigenvalue weighted by molar-refractivity contribution is 5.81. The maximum absolute atomic E-state index is 12.3. The van der Waals surface area contributed by atoms with E-state index in [4.69, 9.17) is 9.84 Å². The number of aliphatic carboxylic acids is 1. The van der Waals surface area contributed by atoms with Gasteiger partial charge in [0, 0.05) is 23.4 Å². The van der Waals surface area contributed by atoms with Crippen LogP contribution in [0.1, 0.15) is 37.7 Å². The number of benzene rings is 1. The first-order valence-electron chi connectivity index (χ1n) is 8.20. The van der Waals surface area contributed by atoms with Crippen molar-refractivity contribution in [1.82, 2.24) is 5.32 Å². The molecule has 0 bridgehead atoms. The molecule has 5 nitrogen and oxygen atoms in total. The highest BCUT2D eigenvalue weighted by Gasteiger charge is 2.46. The van der Waals surface area contributed by atoms with Crippen molar-refractivity contribution in [2.45, 2.75) is 37.5 Å². The molecule has 2 saturated carbocycles. The molecule has 0 unspecified atom stereocenters. The molecule has 1 aromatic rings. The number of carboxylic acid groups (broad SMARTS) is 1. The molecule has 124 valence electrons. The fraction of sp³-hybridized carbons (Fsp3) is 0.556. The number of carbonyl (C=O) groups excluding carboxylic acids is 1. The van der Waals surface area contributed by atoms with Gasteiger partial charge in [0.2, 0.25) is 5.91 Å². The number of methoxy groups -OCH3 is 1. The molecule has 0 spiro atoms. The van der Waals surface area contributed by atoms with Gasteiger partial charge in [-0.05, 0) is 38.2 Å². The van der Waals surface area contributed by atoms with Crippen molar-refractivity contribution >= 4 is 11.9 Å². The van der Waals surface area contributed by atoms with Crippen molar-refractivity contribution in [3.05, 3.63) is 29.8 Å². The highest BCUT2D eigenvalue weighted by atomic mass is 16.5. The van der Waals surface area contributed by atoms with Gasteiger partial charge >= 0.3 is 5.97 Å². The molecule has 0 radical (unpaired) electrons. The van der Waals surface area contributed by atoms with Crippen LogP contribution in [0.3, 0.4) is 0 Å². The van der Waals surface area contributed by atoms with E-state index in [2.05, 4.69) is 11.4 Å². The zero-order valence-electron chi connectivity index (χ0n) is 13.4. The Bertz CT molecular complexity index is 609. The number of rotatable bonds is 6. The number of carbonyl (C=O) groups is 2. The third kappa shape index (κ3) is 3.19. The first-order valence-corrected chi connectivity index (χ1v) is 8.20. The fourth-order valence-corrected chi connectivity index (χ4v) is 3.62. The average molecular weight is 317 g/mol. The van der Waals surface area contributed by atoms with E-state index >= 15 is 0 Å². The lowest BCUT2D eigenvalue weighted by molar-refractivity contribution is -0.141. The fourth-order valence-electron chi connectivity index (χ4n) is 3.62. The quantitative estimate of drug-likeness (QED) is 0.844. The molecule has 2 aliphatic rings. The van der Waals surface area contributed by atoms with Crippen LogP contribution in [0.2, 0.25) is 0 Å². The maximum atomic E-state index is 12.3. The molecule has 5 heteroatoms. The van der Waals surface area contributed by atoms with Crippen LogP contribution in [-0.2, 0) is 15.0 Å². The van der Waals surface area contributed by atoms with Gasteiger partial charge in [0.25, 0.3) is 0 Å². The summed E-state index contributed by atoms with van der Waals surface area (Å²) in [6, 6.07) is 7.95. The van der Waals surface area contributed by atoms with Crippen molar-refractivity contribution < 1.29 is 19.4 Å². The van der Waals surface area contributed by atoms with Crippen molar-refractivity contribution in [3.8, 4) is 5.75 Å². The molecule has 0 heterocycles. The van der Waals surface area contributed by atoms with E-state index in [9.17, 15) is 9.59 Å². The van der Waals surface area contributed by atoms with E-state index < -0.39 is 5.97 Å². The van der Waals surface area contributed by atoms with Gasteiger partial charge in [-0.3, -0.25) is 9.59 Å². The molecule has 2 aliphatic carbocycles. The molecule has 2 atom stereocenters. The Kier molecular flexibility index (Phi) is 4.28.